The SMILES string of the molecule is O=C(NCC(=O)N1CCN(C(=O)C2COC3CCCCC3O2)CC1)C1CCC2CCCCC2C1. The summed E-state index contributed by atoms with van der Waals surface area (Å²) >= 11 is 0. The Bertz CT molecular complexity index is 753. The highest BCUT2D eigenvalue weighted by Crippen LogP contribution is 2.42. The van der Waals surface area contributed by atoms with Gasteiger partial charge in [-0.15, -0.1) is 0 Å². The van der Waals surface area contributed by atoms with E-state index in [0.717, 1.165) is 44.4 Å². The number of fused-ring (bicyclic) bond motifs is 2. The molecule has 0 radical (unpaired) electrons. The van der Waals surface area contributed by atoms with Gasteiger partial charge in [0.15, 0.2) is 6.10 Å². The van der Waals surface area contributed by atoms with Gasteiger partial charge in [0.2, 0.25) is 11.8 Å². The van der Waals surface area contributed by atoms with Crippen molar-refractivity contribution in [3.05, 3.63) is 0 Å². The Morgan fingerprint density at radius 3 is 2.24 bits per heavy atom. The number of nitrogens with one attached hydrogen (secondary N) is 1. The molecular formula is C26H41N3O5. The van der Waals surface area contributed by atoms with E-state index in [1.165, 1.54) is 32.1 Å². The van der Waals surface area contributed by atoms with Crippen molar-refractivity contribution in [2.75, 3.05) is 39.3 Å². The summed E-state index contributed by atoms with van der Waals surface area (Å²) in [6, 6.07) is 0. The Morgan fingerprint density at radius 2 is 1.44 bits per heavy atom. The number of ether oxygens (including phenoxy) is 2. The Hall–Kier alpha value is -1.67. The molecule has 8 heteroatoms. The predicted octanol–water partition coefficient (Wildman–Crippen LogP) is 2.11. The number of hydrogen-bond donors (Lipinski definition) is 1. The second-order valence-electron chi connectivity index (χ2n) is 11.1. The number of hydrogen-bond acceptors (Lipinski definition) is 5. The lowest BCUT2D eigenvalue weighted by atomic mass is 9.67. The monoisotopic (exact) mass is 475 g/mol. The van der Waals surface area contributed by atoms with Gasteiger partial charge in [-0.1, -0.05) is 38.5 Å². The number of amides is 3. The molecule has 34 heavy (non-hydrogen) atoms. The van der Waals surface area contributed by atoms with Crippen molar-refractivity contribution >= 4 is 17.7 Å². The number of nitrogens with zero attached hydrogens (tertiary/aromatic N) is 2. The van der Waals surface area contributed by atoms with Gasteiger partial charge < -0.3 is 24.6 Å². The molecule has 0 spiro atoms. The third kappa shape index (κ3) is 5.43. The molecule has 0 aromatic heterocycles. The molecule has 3 amide bonds. The first kappa shape index (κ1) is 24.0. The minimum Gasteiger partial charge on any atom is -0.372 e. The summed E-state index contributed by atoms with van der Waals surface area (Å²) in [5.74, 6) is 1.52. The van der Waals surface area contributed by atoms with Crippen LogP contribution in [0.15, 0.2) is 0 Å². The topological polar surface area (TPSA) is 88.2 Å². The van der Waals surface area contributed by atoms with Crippen LogP contribution in [0.1, 0.15) is 70.6 Å². The van der Waals surface area contributed by atoms with Gasteiger partial charge in [0.25, 0.3) is 5.91 Å². The first-order valence-electron chi connectivity index (χ1n) is 13.7. The lowest BCUT2D eigenvalue weighted by molar-refractivity contribution is -0.202. The van der Waals surface area contributed by atoms with Gasteiger partial charge in [-0.25, -0.2) is 0 Å². The van der Waals surface area contributed by atoms with E-state index in [9.17, 15) is 14.4 Å². The second-order valence-corrected chi connectivity index (χ2v) is 11.1. The van der Waals surface area contributed by atoms with E-state index in [1.54, 1.807) is 9.80 Å². The maximum absolute atomic E-state index is 13.0. The summed E-state index contributed by atoms with van der Waals surface area (Å²) < 4.78 is 12.0. The number of carbonyl (C=O) groups is 3. The fourth-order valence-electron chi connectivity index (χ4n) is 6.91. The zero-order valence-corrected chi connectivity index (χ0v) is 20.4. The predicted molar refractivity (Wildman–Crippen MR) is 126 cm³/mol. The van der Waals surface area contributed by atoms with Gasteiger partial charge in [0.05, 0.1) is 25.4 Å². The molecule has 2 saturated heterocycles. The Kier molecular flexibility index (Phi) is 7.74. The van der Waals surface area contributed by atoms with Crippen molar-refractivity contribution in [2.45, 2.75) is 88.9 Å². The van der Waals surface area contributed by atoms with Crippen LogP contribution >= 0.6 is 0 Å². The van der Waals surface area contributed by atoms with E-state index >= 15 is 0 Å². The Labute approximate surface area is 203 Å². The van der Waals surface area contributed by atoms with Crippen LogP contribution in [0, 0.1) is 17.8 Å². The summed E-state index contributed by atoms with van der Waals surface area (Å²) in [4.78, 5) is 41.9. The van der Waals surface area contributed by atoms with Crippen molar-refractivity contribution in [1.82, 2.24) is 15.1 Å². The molecule has 0 aromatic rings. The van der Waals surface area contributed by atoms with Crippen LogP contribution in [-0.2, 0) is 23.9 Å². The number of rotatable bonds is 4. The molecule has 2 heterocycles. The molecule has 6 unspecified atom stereocenters. The molecule has 0 bridgehead atoms. The van der Waals surface area contributed by atoms with E-state index in [0.29, 0.717) is 38.7 Å². The van der Waals surface area contributed by atoms with Crippen molar-refractivity contribution < 1.29 is 23.9 Å². The number of carbonyl (C=O) groups excluding carboxylic acids is 3. The molecule has 1 N–H and O–H groups in total. The van der Waals surface area contributed by atoms with E-state index in [1.807, 2.05) is 0 Å². The Balaban J connectivity index is 1.02. The van der Waals surface area contributed by atoms with Crippen molar-refractivity contribution in [2.24, 2.45) is 17.8 Å². The molecule has 8 nitrogen and oxygen atoms in total. The maximum atomic E-state index is 13.0. The summed E-state index contributed by atoms with van der Waals surface area (Å²) in [6.07, 6.45) is 12.2. The van der Waals surface area contributed by atoms with Crippen LogP contribution < -0.4 is 5.32 Å². The smallest absolute Gasteiger partial charge is 0.254 e. The third-order valence-electron chi connectivity index (χ3n) is 8.99. The minimum absolute atomic E-state index is 0.0252. The first-order valence-corrected chi connectivity index (χ1v) is 13.7. The zero-order valence-electron chi connectivity index (χ0n) is 20.4. The standard InChI is InChI=1S/C26H41N3O5/c30-24(16-27-25(31)20-10-9-18-5-1-2-6-19(18)15-20)28-11-13-29(14-12-28)26(32)23-17-33-21-7-3-4-8-22(21)34-23/h18-23H,1-17H2,(H,27,31). The fraction of sp³-hybridized carbons (Fsp3) is 0.885. The van der Waals surface area contributed by atoms with Gasteiger partial charge in [0.1, 0.15) is 0 Å². The molecule has 3 aliphatic carbocycles. The summed E-state index contributed by atoms with van der Waals surface area (Å²) in [6.45, 7) is 2.37. The summed E-state index contributed by atoms with van der Waals surface area (Å²) in [7, 11) is 0. The summed E-state index contributed by atoms with van der Waals surface area (Å²) in [5.41, 5.74) is 0. The fourth-order valence-corrected chi connectivity index (χ4v) is 6.91. The van der Waals surface area contributed by atoms with E-state index < -0.39 is 6.10 Å². The highest BCUT2D eigenvalue weighted by atomic mass is 16.6. The van der Waals surface area contributed by atoms with Crippen LogP contribution in [-0.4, -0.2) is 85.2 Å². The van der Waals surface area contributed by atoms with Crippen LogP contribution in [0.5, 0.6) is 0 Å². The van der Waals surface area contributed by atoms with Crippen LogP contribution in [0.2, 0.25) is 0 Å². The third-order valence-corrected chi connectivity index (χ3v) is 8.99. The molecule has 190 valence electrons. The van der Waals surface area contributed by atoms with E-state index in [-0.39, 0.29) is 42.4 Å². The molecule has 3 saturated carbocycles. The molecular weight excluding hydrogens is 434 g/mol. The summed E-state index contributed by atoms with van der Waals surface area (Å²) in [5, 5.41) is 2.91. The van der Waals surface area contributed by atoms with Gasteiger partial charge in [0, 0.05) is 32.1 Å². The van der Waals surface area contributed by atoms with Gasteiger partial charge >= 0.3 is 0 Å². The minimum atomic E-state index is -0.528. The van der Waals surface area contributed by atoms with Crippen LogP contribution in [0.3, 0.4) is 0 Å². The van der Waals surface area contributed by atoms with Crippen molar-refractivity contribution in [3.8, 4) is 0 Å². The quantitative estimate of drug-likeness (QED) is 0.673. The van der Waals surface area contributed by atoms with E-state index in [4.69, 9.17) is 9.47 Å². The molecule has 0 aromatic carbocycles. The lowest BCUT2D eigenvalue weighted by Gasteiger charge is -2.41. The average molecular weight is 476 g/mol. The van der Waals surface area contributed by atoms with Crippen LogP contribution in [0.25, 0.3) is 0 Å². The lowest BCUT2D eigenvalue weighted by Crippen LogP contribution is -2.57. The second kappa shape index (κ2) is 10.9. The van der Waals surface area contributed by atoms with Gasteiger partial charge in [-0.3, -0.25) is 14.4 Å². The first-order chi connectivity index (χ1) is 16.6. The normalized spacial score (nSPS) is 36.2. The van der Waals surface area contributed by atoms with Gasteiger partial charge in [-0.05, 0) is 43.9 Å². The largest absolute Gasteiger partial charge is 0.372 e. The van der Waals surface area contributed by atoms with E-state index in [2.05, 4.69) is 5.32 Å². The molecule has 5 aliphatic rings. The van der Waals surface area contributed by atoms with Crippen LogP contribution in [0.4, 0.5) is 0 Å². The maximum Gasteiger partial charge on any atom is 0.254 e. The van der Waals surface area contributed by atoms with Crippen molar-refractivity contribution in [3.63, 3.8) is 0 Å². The molecule has 2 aliphatic heterocycles. The number of piperazine rings is 1. The zero-order chi connectivity index (χ0) is 23.5. The Morgan fingerprint density at radius 1 is 0.765 bits per heavy atom. The highest BCUT2D eigenvalue weighted by Gasteiger charge is 2.39. The average Bonchev–Trinajstić information content (AvgIpc) is 2.90. The van der Waals surface area contributed by atoms with Gasteiger partial charge in [-0.2, -0.15) is 0 Å². The highest BCUT2D eigenvalue weighted by molar-refractivity contribution is 5.86. The van der Waals surface area contributed by atoms with Crippen molar-refractivity contribution in [1.29, 1.82) is 0 Å². The molecule has 5 rings (SSSR count). The molecule has 6 atom stereocenters. The molecule has 5 fully saturated rings.